The van der Waals surface area contributed by atoms with Crippen molar-refractivity contribution < 1.29 is 0 Å². The predicted octanol–water partition coefficient (Wildman–Crippen LogP) is 4.81. The minimum Gasteiger partial charge on any atom is -0.313 e. The van der Waals surface area contributed by atoms with Crippen LogP contribution in [0.15, 0.2) is 67.0 Å². The fourth-order valence-electron chi connectivity index (χ4n) is 2.54. The molecule has 4 rings (SSSR count). The first-order chi connectivity index (χ1) is 9.83. The van der Waals surface area contributed by atoms with Crippen molar-refractivity contribution in [3.8, 4) is 11.1 Å². The van der Waals surface area contributed by atoms with Crippen LogP contribution in [0.5, 0.6) is 0 Å². The van der Waals surface area contributed by atoms with E-state index in [0.717, 1.165) is 27.7 Å². The molecule has 0 saturated heterocycles. The maximum absolute atomic E-state index is 6.40. The summed E-state index contributed by atoms with van der Waals surface area (Å²) in [6.07, 6.45) is 3.88. The second-order valence-electron chi connectivity index (χ2n) is 4.75. The van der Waals surface area contributed by atoms with Gasteiger partial charge in [0.1, 0.15) is 5.52 Å². The smallest absolute Gasteiger partial charge is 0.106 e. The number of halogens is 1. The Bertz CT molecular complexity index is 910. The van der Waals surface area contributed by atoms with Gasteiger partial charge in [-0.05, 0) is 35.4 Å². The number of hydrogen-bond donors (Lipinski definition) is 0. The van der Waals surface area contributed by atoms with Gasteiger partial charge in [-0.1, -0.05) is 41.9 Å². The molecule has 0 atom stereocenters. The highest BCUT2D eigenvalue weighted by Crippen LogP contribution is 2.30. The summed E-state index contributed by atoms with van der Waals surface area (Å²) in [5.41, 5.74) is 5.18. The zero-order chi connectivity index (χ0) is 13.5. The van der Waals surface area contributed by atoms with Gasteiger partial charge in [0.15, 0.2) is 0 Å². The normalized spacial score (nSPS) is 11.2. The first kappa shape index (κ1) is 11.5. The molecule has 0 N–H and O–H groups in total. The SMILES string of the molecule is Clc1cc(-c2ccccc2)cc2c1ncc1cccn12. The summed E-state index contributed by atoms with van der Waals surface area (Å²) in [4.78, 5) is 4.46. The van der Waals surface area contributed by atoms with Gasteiger partial charge in [0, 0.05) is 6.20 Å². The van der Waals surface area contributed by atoms with Crippen LogP contribution in [0.4, 0.5) is 0 Å². The molecule has 0 aliphatic heterocycles. The van der Waals surface area contributed by atoms with Crippen LogP contribution in [0.1, 0.15) is 0 Å². The zero-order valence-corrected chi connectivity index (χ0v) is 11.4. The summed E-state index contributed by atoms with van der Waals surface area (Å²) in [5, 5.41) is 0.678. The van der Waals surface area contributed by atoms with Crippen LogP contribution in [-0.4, -0.2) is 9.38 Å². The van der Waals surface area contributed by atoms with Crippen molar-refractivity contribution in [1.82, 2.24) is 9.38 Å². The lowest BCUT2D eigenvalue weighted by molar-refractivity contribution is 1.23. The molecule has 0 amide bonds. The molecule has 2 nitrogen and oxygen atoms in total. The molecule has 2 aromatic heterocycles. The first-order valence-electron chi connectivity index (χ1n) is 6.44. The second-order valence-corrected chi connectivity index (χ2v) is 5.16. The van der Waals surface area contributed by atoms with Gasteiger partial charge in [-0.25, -0.2) is 0 Å². The number of nitrogens with zero attached hydrogens (tertiary/aromatic N) is 2. The summed E-state index contributed by atoms with van der Waals surface area (Å²) < 4.78 is 2.11. The largest absolute Gasteiger partial charge is 0.313 e. The van der Waals surface area contributed by atoms with Gasteiger partial charge < -0.3 is 4.40 Å². The third-order valence-corrected chi connectivity index (χ3v) is 3.80. The molecule has 3 heteroatoms. The number of rotatable bonds is 1. The van der Waals surface area contributed by atoms with Crippen LogP contribution in [-0.2, 0) is 0 Å². The van der Waals surface area contributed by atoms with Crippen LogP contribution in [0.25, 0.3) is 27.7 Å². The van der Waals surface area contributed by atoms with E-state index in [0.29, 0.717) is 5.02 Å². The maximum Gasteiger partial charge on any atom is 0.106 e. The highest BCUT2D eigenvalue weighted by molar-refractivity contribution is 6.35. The Balaban J connectivity index is 2.10. The third kappa shape index (κ3) is 1.69. The van der Waals surface area contributed by atoms with Gasteiger partial charge >= 0.3 is 0 Å². The molecule has 2 heterocycles. The van der Waals surface area contributed by atoms with Gasteiger partial charge in [-0.3, -0.25) is 4.98 Å². The van der Waals surface area contributed by atoms with E-state index in [1.807, 2.05) is 48.8 Å². The maximum atomic E-state index is 6.40. The second kappa shape index (κ2) is 4.36. The molecule has 0 spiro atoms. The average Bonchev–Trinajstić information content (AvgIpc) is 2.97. The van der Waals surface area contributed by atoms with Gasteiger partial charge in [-0.2, -0.15) is 0 Å². The lowest BCUT2D eigenvalue weighted by Crippen LogP contribution is -1.91. The van der Waals surface area contributed by atoms with Crippen molar-refractivity contribution in [3.05, 3.63) is 72.0 Å². The summed E-state index contributed by atoms with van der Waals surface area (Å²) in [7, 11) is 0. The van der Waals surface area contributed by atoms with Crippen LogP contribution in [0, 0.1) is 0 Å². The van der Waals surface area contributed by atoms with Crippen LogP contribution in [0.3, 0.4) is 0 Å². The lowest BCUT2D eigenvalue weighted by atomic mass is 10.1. The number of hydrogen-bond acceptors (Lipinski definition) is 1. The van der Waals surface area contributed by atoms with E-state index in [-0.39, 0.29) is 0 Å². The molecule has 0 radical (unpaired) electrons. The van der Waals surface area contributed by atoms with Crippen molar-refractivity contribution >= 4 is 28.2 Å². The van der Waals surface area contributed by atoms with E-state index < -0.39 is 0 Å². The number of aromatic nitrogens is 2. The Morgan fingerprint density at radius 3 is 2.60 bits per heavy atom. The summed E-state index contributed by atoms with van der Waals surface area (Å²) >= 11 is 6.40. The van der Waals surface area contributed by atoms with Crippen molar-refractivity contribution in [2.24, 2.45) is 0 Å². The van der Waals surface area contributed by atoms with Crippen molar-refractivity contribution in [3.63, 3.8) is 0 Å². The van der Waals surface area contributed by atoms with E-state index in [9.17, 15) is 0 Å². The Morgan fingerprint density at radius 1 is 0.900 bits per heavy atom. The highest BCUT2D eigenvalue weighted by atomic mass is 35.5. The van der Waals surface area contributed by atoms with E-state index >= 15 is 0 Å². The molecule has 96 valence electrons. The molecule has 20 heavy (non-hydrogen) atoms. The topological polar surface area (TPSA) is 17.3 Å². The Kier molecular flexibility index (Phi) is 2.51. The van der Waals surface area contributed by atoms with Gasteiger partial charge in [-0.15, -0.1) is 0 Å². The van der Waals surface area contributed by atoms with E-state index in [1.54, 1.807) is 0 Å². The minimum atomic E-state index is 0.678. The van der Waals surface area contributed by atoms with E-state index in [4.69, 9.17) is 11.6 Å². The van der Waals surface area contributed by atoms with Gasteiger partial charge in [0.25, 0.3) is 0 Å². The average molecular weight is 279 g/mol. The molecule has 0 aliphatic rings. The molecule has 0 bridgehead atoms. The quantitative estimate of drug-likeness (QED) is 0.488. The molecular formula is C17H11ClN2. The standard InChI is InChI=1S/C17H11ClN2/c18-15-9-13(12-5-2-1-3-6-12)10-16-17(15)19-11-14-7-4-8-20(14)16/h1-11H. The Morgan fingerprint density at radius 2 is 1.75 bits per heavy atom. The van der Waals surface area contributed by atoms with E-state index in [2.05, 4.69) is 27.6 Å². The third-order valence-electron chi connectivity index (χ3n) is 3.52. The zero-order valence-electron chi connectivity index (χ0n) is 10.6. The molecular weight excluding hydrogens is 268 g/mol. The molecule has 0 saturated carbocycles. The number of benzene rings is 2. The van der Waals surface area contributed by atoms with Gasteiger partial charge in [0.2, 0.25) is 0 Å². The monoisotopic (exact) mass is 278 g/mol. The molecule has 0 fully saturated rings. The van der Waals surface area contributed by atoms with Crippen LogP contribution < -0.4 is 0 Å². The summed E-state index contributed by atoms with van der Waals surface area (Å²) in [6, 6.07) is 18.4. The number of fused-ring (bicyclic) bond motifs is 3. The fraction of sp³-hybridized carbons (Fsp3) is 0. The Labute approximate surface area is 121 Å². The van der Waals surface area contributed by atoms with Crippen LogP contribution in [0.2, 0.25) is 5.02 Å². The minimum absolute atomic E-state index is 0.678. The van der Waals surface area contributed by atoms with Crippen molar-refractivity contribution in [2.45, 2.75) is 0 Å². The lowest BCUT2D eigenvalue weighted by Gasteiger charge is -2.08. The molecule has 0 aliphatic carbocycles. The molecule has 0 unspecified atom stereocenters. The fourth-order valence-corrected chi connectivity index (χ4v) is 2.81. The Hall–Kier alpha value is -2.32. The molecule has 2 aromatic carbocycles. The highest BCUT2D eigenvalue weighted by Gasteiger charge is 2.08. The van der Waals surface area contributed by atoms with Crippen molar-refractivity contribution in [2.75, 3.05) is 0 Å². The van der Waals surface area contributed by atoms with Crippen molar-refractivity contribution in [1.29, 1.82) is 0 Å². The van der Waals surface area contributed by atoms with Gasteiger partial charge in [0.05, 0.1) is 22.3 Å². The van der Waals surface area contributed by atoms with E-state index in [1.165, 1.54) is 0 Å². The predicted molar refractivity (Wildman–Crippen MR) is 83.1 cm³/mol. The summed E-state index contributed by atoms with van der Waals surface area (Å²) in [6.45, 7) is 0. The first-order valence-corrected chi connectivity index (χ1v) is 6.81. The summed E-state index contributed by atoms with van der Waals surface area (Å²) in [5.74, 6) is 0. The molecule has 4 aromatic rings. The van der Waals surface area contributed by atoms with Crippen LogP contribution >= 0.6 is 11.6 Å².